The van der Waals surface area contributed by atoms with E-state index in [0.29, 0.717) is 6.61 Å². The van der Waals surface area contributed by atoms with Gasteiger partial charge in [-0.15, -0.1) is 0 Å². The smallest absolute Gasteiger partial charge is 0.138 e. The van der Waals surface area contributed by atoms with Gasteiger partial charge in [-0.2, -0.15) is 0 Å². The summed E-state index contributed by atoms with van der Waals surface area (Å²) in [6, 6.07) is 5.74. The quantitative estimate of drug-likeness (QED) is 0.820. The SMILES string of the molecule is OCc1cccc(Br)c1OCCCN1CCCC1. The Morgan fingerprint density at radius 2 is 2.06 bits per heavy atom. The van der Waals surface area contributed by atoms with Gasteiger partial charge >= 0.3 is 0 Å². The number of rotatable bonds is 6. The first-order valence-electron chi connectivity index (χ1n) is 6.54. The van der Waals surface area contributed by atoms with Crippen LogP contribution in [0.3, 0.4) is 0 Å². The predicted octanol–water partition coefficient (Wildman–Crippen LogP) is 2.81. The Bertz CT molecular complexity index is 378. The first-order chi connectivity index (χ1) is 8.81. The molecule has 1 N–H and O–H groups in total. The number of hydrogen-bond donors (Lipinski definition) is 1. The normalized spacial score (nSPS) is 16.1. The van der Waals surface area contributed by atoms with Crippen molar-refractivity contribution in [2.75, 3.05) is 26.2 Å². The minimum absolute atomic E-state index is 0.0148. The van der Waals surface area contributed by atoms with E-state index >= 15 is 0 Å². The number of ether oxygens (including phenoxy) is 1. The molecule has 0 atom stereocenters. The molecule has 2 rings (SSSR count). The van der Waals surface area contributed by atoms with Crippen LogP contribution in [-0.2, 0) is 6.61 Å². The van der Waals surface area contributed by atoms with Gasteiger partial charge in [0.1, 0.15) is 5.75 Å². The van der Waals surface area contributed by atoms with Crippen molar-refractivity contribution in [2.24, 2.45) is 0 Å². The highest BCUT2D eigenvalue weighted by molar-refractivity contribution is 9.10. The van der Waals surface area contributed by atoms with Crippen molar-refractivity contribution in [3.63, 3.8) is 0 Å². The van der Waals surface area contributed by atoms with Gasteiger partial charge in [-0.05, 0) is 54.3 Å². The highest BCUT2D eigenvalue weighted by atomic mass is 79.9. The molecule has 0 radical (unpaired) electrons. The molecule has 1 aromatic carbocycles. The summed E-state index contributed by atoms with van der Waals surface area (Å²) in [4.78, 5) is 2.48. The van der Waals surface area contributed by atoms with E-state index in [4.69, 9.17) is 4.74 Å². The van der Waals surface area contributed by atoms with E-state index in [0.717, 1.165) is 28.8 Å². The third kappa shape index (κ3) is 3.70. The molecular weight excluding hydrogens is 294 g/mol. The number of hydrogen-bond acceptors (Lipinski definition) is 3. The maximum Gasteiger partial charge on any atom is 0.138 e. The van der Waals surface area contributed by atoms with Gasteiger partial charge in [0.05, 0.1) is 17.7 Å². The van der Waals surface area contributed by atoms with Crippen LogP contribution in [0.25, 0.3) is 0 Å². The maximum absolute atomic E-state index is 9.26. The summed E-state index contributed by atoms with van der Waals surface area (Å²) in [5.74, 6) is 0.779. The molecule has 0 unspecified atom stereocenters. The molecule has 1 aliphatic rings. The van der Waals surface area contributed by atoms with Gasteiger partial charge in [0.2, 0.25) is 0 Å². The molecular formula is C14H20BrNO2. The third-order valence-corrected chi connectivity index (χ3v) is 3.91. The summed E-state index contributed by atoms with van der Waals surface area (Å²) in [7, 11) is 0. The Morgan fingerprint density at radius 3 is 2.78 bits per heavy atom. The molecule has 100 valence electrons. The van der Waals surface area contributed by atoms with Crippen LogP contribution in [0.5, 0.6) is 5.75 Å². The topological polar surface area (TPSA) is 32.7 Å². The Morgan fingerprint density at radius 1 is 1.28 bits per heavy atom. The standard InChI is InChI=1S/C14H20BrNO2/c15-13-6-3-5-12(11-17)14(13)18-10-4-9-16-7-1-2-8-16/h3,5-6,17H,1-2,4,7-11H2. The number of nitrogens with zero attached hydrogens (tertiary/aromatic N) is 1. The number of para-hydroxylation sites is 1. The Labute approximate surface area is 117 Å². The van der Waals surface area contributed by atoms with Crippen LogP contribution in [0.2, 0.25) is 0 Å². The summed E-state index contributed by atoms with van der Waals surface area (Å²) in [5.41, 5.74) is 0.838. The zero-order valence-corrected chi connectivity index (χ0v) is 12.2. The minimum atomic E-state index is 0.0148. The van der Waals surface area contributed by atoms with Crippen LogP contribution in [-0.4, -0.2) is 36.2 Å². The van der Waals surface area contributed by atoms with Crippen LogP contribution in [0.15, 0.2) is 22.7 Å². The van der Waals surface area contributed by atoms with Crippen molar-refractivity contribution in [3.05, 3.63) is 28.2 Å². The van der Waals surface area contributed by atoms with Crippen molar-refractivity contribution < 1.29 is 9.84 Å². The highest BCUT2D eigenvalue weighted by Gasteiger charge is 2.11. The second-order valence-electron chi connectivity index (χ2n) is 4.64. The van der Waals surface area contributed by atoms with Gasteiger partial charge in [0.15, 0.2) is 0 Å². The first-order valence-corrected chi connectivity index (χ1v) is 7.34. The van der Waals surface area contributed by atoms with Crippen LogP contribution in [0, 0.1) is 0 Å². The van der Waals surface area contributed by atoms with Crippen LogP contribution in [0.1, 0.15) is 24.8 Å². The van der Waals surface area contributed by atoms with E-state index < -0.39 is 0 Å². The van der Waals surface area contributed by atoms with Crippen molar-refractivity contribution in [1.29, 1.82) is 0 Å². The fourth-order valence-corrected chi connectivity index (χ4v) is 2.83. The zero-order chi connectivity index (χ0) is 12.8. The molecule has 0 spiro atoms. The summed E-state index contributed by atoms with van der Waals surface area (Å²) in [6.07, 6.45) is 3.70. The van der Waals surface area contributed by atoms with E-state index in [1.165, 1.54) is 25.9 Å². The lowest BCUT2D eigenvalue weighted by Crippen LogP contribution is -2.22. The molecule has 18 heavy (non-hydrogen) atoms. The molecule has 0 aliphatic carbocycles. The Hall–Kier alpha value is -0.580. The molecule has 1 fully saturated rings. The number of halogens is 1. The Kier molecular flexibility index (Phi) is 5.47. The van der Waals surface area contributed by atoms with Gasteiger partial charge in [0, 0.05) is 12.1 Å². The van der Waals surface area contributed by atoms with E-state index in [9.17, 15) is 5.11 Å². The zero-order valence-electron chi connectivity index (χ0n) is 10.6. The Balaban J connectivity index is 1.78. The predicted molar refractivity (Wildman–Crippen MR) is 75.9 cm³/mol. The van der Waals surface area contributed by atoms with Gasteiger partial charge in [0.25, 0.3) is 0 Å². The van der Waals surface area contributed by atoms with E-state index in [2.05, 4.69) is 20.8 Å². The lowest BCUT2D eigenvalue weighted by Gasteiger charge is -2.16. The average molecular weight is 314 g/mol. The van der Waals surface area contributed by atoms with Gasteiger partial charge < -0.3 is 14.7 Å². The molecule has 1 aromatic rings. The number of likely N-dealkylation sites (tertiary alicyclic amines) is 1. The second kappa shape index (κ2) is 7.12. The molecule has 1 aliphatic heterocycles. The molecule has 1 saturated heterocycles. The number of benzene rings is 1. The largest absolute Gasteiger partial charge is 0.492 e. The monoisotopic (exact) mass is 313 g/mol. The van der Waals surface area contributed by atoms with Crippen LogP contribution < -0.4 is 4.74 Å². The van der Waals surface area contributed by atoms with Crippen LogP contribution >= 0.6 is 15.9 Å². The van der Waals surface area contributed by atoms with Crippen molar-refractivity contribution >= 4 is 15.9 Å². The summed E-state index contributed by atoms with van der Waals surface area (Å²) in [5, 5.41) is 9.26. The highest BCUT2D eigenvalue weighted by Crippen LogP contribution is 2.29. The van der Waals surface area contributed by atoms with Gasteiger partial charge in [-0.1, -0.05) is 12.1 Å². The van der Waals surface area contributed by atoms with Crippen molar-refractivity contribution in [3.8, 4) is 5.75 Å². The fourth-order valence-electron chi connectivity index (χ4n) is 2.31. The summed E-state index contributed by atoms with van der Waals surface area (Å²) < 4.78 is 6.70. The summed E-state index contributed by atoms with van der Waals surface area (Å²) >= 11 is 3.46. The van der Waals surface area contributed by atoms with E-state index in [-0.39, 0.29) is 6.61 Å². The summed E-state index contributed by atoms with van der Waals surface area (Å²) in [6.45, 7) is 4.29. The van der Waals surface area contributed by atoms with Crippen molar-refractivity contribution in [1.82, 2.24) is 4.90 Å². The molecule has 1 heterocycles. The first kappa shape index (κ1) is 13.8. The molecule has 0 bridgehead atoms. The van der Waals surface area contributed by atoms with Gasteiger partial charge in [-0.3, -0.25) is 0 Å². The molecule has 0 amide bonds. The van der Waals surface area contributed by atoms with E-state index in [1.54, 1.807) is 0 Å². The molecule has 4 heteroatoms. The van der Waals surface area contributed by atoms with Gasteiger partial charge in [-0.25, -0.2) is 0 Å². The number of aliphatic hydroxyl groups excluding tert-OH is 1. The third-order valence-electron chi connectivity index (χ3n) is 3.28. The fraction of sp³-hybridized carbons (Fsp3) is 0.571. The van der Waals surface area contributed by atoms with Crippen molar-refractivity contribution in [2.45, 2.75) is 25.9 Å². The lowest BCUT2D eigenvalue weighted by molar-refractivity contribution is 0.245. The molecule has 3 nitrogen and oxygen atoms in total. The molecule has 0 saturated carbocycles. The van der Waals surface area contributed by atoms with E-state index in [1.807, 2.05) is 18.2 Å². The minimum Gasteiger partial charge on any atom is -0.492 e. The van der Waals surface area contributed by atoms with Crippen LogP contribution in [0.4, 0.5) is 0 Å². The lowest BCUT2D eigenvalue weighted by atomic mass is 10.2. The average Bonchev–Trinajstić information content (AvgIpc) is 2.89. The maximum atomic E-state index is 9.26. The second-order valence-corrected chi connectivity index (χ2v) is 5.49. The molecule has 0 aromatic heterocycles. The number of aliphatic hydroxyl groups is 1.